The van der Waals surface area contributed by atoms with Crippen LogP contribution in [0.1, 0.15) is 16.7 Å². The van der Waals surface area contributed by atoms with Crippen LogP contribution in [0.5, 0.6) is 17.2 Å². The highest BCUT2D eigenvalue weighted by Gasteiger charge is 2.14. The zero-order valence-electron chi connectivity index (χ0n) is 12.7. The zero-order valence-corrected chi connectivity index (χ0v) is 12.7. The van der Waals surface area contributed by atoms with Crippen LogP contribution in [-0.4, -0.2) is 19.2 Å². The predicted molar refractivity (Wildman–Crippen MR) is 82.7 cm³/mol. The Kier molecular flexibility index (Phi) is 4.00. The van der Waals surface area contributed by atoms with Crippen molar-refractivity contribution in [3.63, 3.8) is 0 Å². The molecule has 0 bridgehead atoms. The number of carbonyl (C=O) groups excluding carboxylic acids is 1. The van der Waals surface area contributed by atoms with Crippen molar-refractivity contribution in [1.82, 2.24) is 0 Å². The van der Waals surface area contributed by atoms with E-state index in [1.54, 1.807) is 0 Å². The van der Waals surface area contributed by atoms with Crippen LogP contribution >= 0.6 is 0 Å². The van der Waals surface area contributed by atoms with Gasteiger partial charge in [-0.25, -0.2) is 0 Å². The Hall–Kier alpha value is -2.49. The number of ether oxygens (including phenoxy) is 3. The Labute approximate surface area is 129 Å². The van der Waals surface area contributed by atoms with Crippen LogP contribution in [0.3, 0.4) is 0 Å². The van der Waals surface area contributed by atoms with Crippen molar-refractivity contribution in [2.45, 2.75) is 20.3 Å². The molecule has 0 saturated carbocycles. The van der Waals surface area contributed by atoms with Crippen molar-refractivity contribution in [1.29, 1.82) is 0 Å². The number of esters is 1. The summed E-state index contributed by atoms with van der Waals surface area (Å²) in [4.78, 5) is 12.1. The van der Waals surface area contributed by atoms with Gasteiger partial charge in [0.25, 0.3) is 0 Å². The van der Waals surface area contributed by atoms with Crippen molar-refractivity contribution in [3.8, 4) is 17.2 Å². The van der Waals surface area contributed by atoms with Crippen LogP contribution in [0.2, 0.25) is 0 Å². The summed E-state index contributed by atoms with van der Waals surface area (Å²) in [6.45, 7) is 5.03. The maximum atomic E-state index is 12.1. The van der Waals surface area contributed by atoms with Gasteiger partial charge in [-0.1, -0.05) is 23.8 Å². The van der Waals surface area contributed by atoms with Gasteiger partial charge in [0.15, 0.2) is 11.5 Å². The Morgan fingerprint density at radius 3 is 2.59 bits per heavy atom. The fraction of sp³-hybridized carbons (Fsp3) is 0.278. The molecule has 0 amide bonds. The summed E-state index contributed by atoms with van der Waals surface area (Å²) in [6.07, 6.45) is 0.198. The van der Waals surface area contributed by atoms with E-state index < -0.39 is 0 Å². The summed E-state index contributed by atoms with van der Waals surface area (Å²) < 4.78 is 16.4. The molecule has 0 aromatic heterocycles. The first kappa shape index (κ1) is 14.4. The molecule has 0 fully saturated rings. The summed E-state index contributed by atoms with van der Waals surface area (Å²) >= 11 is 0. The van der Waals surface area contributed by atoms with E-state index >= 15 is 0 Å². The first-order valence-electron chi connectivity index (χ1n) is 7.28. The lowest BCUT2D eigenvalue weighted by molar-refractivity contribution is -0.133. The largest absolute Gasteiger partial charge is 0.486 e. The fourth-order valence-corrected chi connectivity index (χ4v) is 2.44. The molecule has 0 saturated heterocycles. The second-order valence-corrected chi connectivity index (χ2v) is 5.40. The molecule has 0 aliphatic carbocycles. The van der Waals surface area contributed by atoms with Gasteiger partial charge in [-0.3, -0.25) is 4.79 Å². The SMILES string of the molecule is Cc1ccc(OC(=O)Cc2ccc3c(c2)OCCO3)c(C)c1. The number of fused-ring (bicyclic) bond motifs is 1. The molecule has 4 nitrogen and oxygen atoms in total. The molecule has 0 unspecified atom stereocenters. The van der Waals surface area contributed by atoms with Crippen molar-refractivity contribution in [2.24, 2.45) is 0 Å². The average molecular weight is 298 g/mol. The number of aryl methyl sites for hydroxylation is 2. The van der Waals surface area contributed by atoms with E-state index in [-0.39, 0.29) is 12.4 Å². The fourth-order valence-electron chi connectivity index (χ4n) is 2.44. The van der Waals surface area contributed by atoms with E-state index in [9.17, 15) is 4.79 Å². The molecule has 22 heavy (non-hydrogen) atoms. The summed E-state index contributed by atoms with van der Waals surface area (Å²) in [5.74, 6) is 1.72. The van der Waals surface area contributed by atoms with Gasteiger partial charge in [0, 0.05) is 0 Å². The van der Waals surface area contributed by atoms with E-state index in [0.717, 1.165) is 22.4 Å². The third-order valence-electron chi connectivity index (χ3n) is 3.51. The highest BCUT2D eigenvalue weighted by Crippen LogP contribution is 2.31. The summed E-state index contributed by atoms with van der Waals surface area (Å²) in [7, 11) is 0. The van der Waals surface area contributed by atoms with Crippen LogP contribution in [0.4, 0.5) is 0 Å². The highest BCUT2D eigenvalue weighted by molar-refractivity contribution is 5.75. The molecule has 0 N–H and O–H groups in total. The Morgan fingerprint density at radius 1 is 1.05 bits per heavy atom. The van der Waals surface area contributed by atoms with E-state index in [4.69, 9.17) is 14.2 Å². The zero-order chi connectivity index (χ0) is 15.5. The smallest absolute Gasteiger partial charge is 0.315 e. The van der Waals surface area contributed by atoms with E-state index in [1.165, 1.54) is 0 Å². The molecule has 0 radical (unpaired) electrons. The minimum absolute atomic E-state index is 0.198. The summed E-state index contributed by atoms with van der Waals surface area (Å²) in [5, 5.41) is 0. The van der Waals surface area contributed by atoms with Gasteiger partial charge in [0.05, 0.1) is 6.42 Å². The molecule has 1 aliphatic heterocycles. The molecule has 3 rings (SSSR count). The molecule has 0 spiro atoms. The Bertz CT molecular complexity index is 706. The van der Waals surface area contributed by atoms with Crippen molar-refractivity contribution < 1.29 is 19.0 Å². The van der Waals surface area contributed by atoms with Gasteiger partial charge < -0.3 is 14.2 Å². The molecule has 1 heterocycles. The molecule has 1 aliphatic rings. The second-order valence-electron chi connectivity index (χ2n) is 5.40. The minimum Gasteiger partial charge on any atom is -0.486 e. The first-order chi connectivity index (χ1) is 10.6. The maximum absolute atomic E-state index is 12.1. The lowest BCUT2D eigenvalue weighted by atomic mass is 10.1. The van der Waals surface area contributed by atoms with Crippen molar-refractivity contribution in [2.75, 3.05) is 13.2 Å². The van der Waals surface area contributed by atoms with E-state index in [2.05, 4.69) is 0 Å². The van der Waals surface area contributed by atoms with Crippen molar-refractivity contribution >= 4 is 5.97 Å². The van der Waals surface area contributed by atoms with Crippen LogP contribution in [0, 0.1) is 13.8 Å². The third kappa shape index (κ3) is 3.22. The third-order valence-corrected chi connectivity index (χ3v) is 3.51. The van der Waals surface area contributed by atoms with E-state index in [1.807, 2.05) is 50.2 Å². The van der Waals surface area contributed by atoms with Crippen molar-refractivity contribution in [3.05, 3.63) is 53.1 Å². The van der Waals surface area contributed by atoms with Gasteiger partial charge >= 0.3 is 5.97 Å². The summed E-state index contributed by atoms with van der Waals surface area (Å²) in [5.41, 5.74) is 2.94. The predicted octanol–water partition coefficient (Wildman–Crippen LogP) is 3.22. The van der Waals surface area contributed by atoms with Crippen LogP contribution in [-0.2, 0) is 11.2 Å². The van der Waals surface area contributed by atoms with Gasteiger partial charge in [-0.05, 0) is 43.2 Å². The number of hydrogen-bond donors (Lipinski definition) is 0. The Balaban J connectivity index is 1.69. The normalized spacial score (nSPS) is 12.8. The number of carbonyl (C=O) groups is 1. The molecular weight excluding hydrogens is 280 g/mol. The van der Waals surface area contributed by atoms with Crippen LogP contribution in [0.25, 0.3) is 0 Å². The van der Waals surface area contributed by atoms with E-state index in [0.29, 0.717) is 24.7 Å². The minimum atomic E-state index is -0.288. The molecule has 0 atom stereocenters. The number of rotatable bonds is 3. The summed E-state index contributed by atoms with van der Waals surface area (Å²) in [6, 6.07) is 11.3. The Morgan fingerprint density at radius 2 is 1.82 bits per heavy atom. The average Bonchev–Trinajstić information content (AvgIpc) is 2.50. The molecule has 2 aromatic rings. The number of benzene rings is 2. The van der Waals surface area contributed by atoms with Crippen LogP contribution in [0.15, 0.2) is 36.4 Å². The van der Waals surface area contributed by atoms with Gasteiger partial charge in [0.1, 0.15) is 19.0 Å². The first-order valence-corrected chi connectivity index (χ1v) is 7.28. The van der Waals surface area contributed by atoms with Crippen LogP contribution < -0.4 is 14.2 Å². The highest BCUT2D eigenvalue weighted by atomic mass is 16.6. The lowest BCUT2D eigenvalue weighted by Crippen LogP contribution is -2.16. The molecule has 4 heteroatoms. The number of hydrogen-bond acceptors (Lipinski definition) is 4. The van der Waals surface area contributed by atoms with Gasteiger partial charge in [-0.15, -0.1) is 0 Å². The van der Waals surface area contributed by atoms with Gasteiger partial charge in [0.2, 0.25) is 0 Å². The lowest BCUT2D eigenvalue weighted by Gasteiger charge is -2.18. The monoisotopic (exact) mass is 298 g/mol. The second kappa shape index (κ2) is 6.10. The van der Waals surface area contributed by atoms with Gasteiger partial charge in [-0.2, -0.15) is 0 Å². The molecular formula is C18H18O4. The molecule has 114 valence electrons. The standard InChI is InChI=1S/C18H18O4/c1-12-3-5-15(13(2)9-12)22-18(19)11-14-4-6-16-17(10-14)21-8-7-20-16/h3-6,9-10H,7-8,11H2,1-2H3. The quantitative estimate of drug-likeness (QED) is 0.644. The topological polar surface area (TPSA) is 44.8 Å². The maximum Gasteiger partial charge on any atom is 0.315 e. The molecule has 2 aromatic carbocycles.